The van der Waals surface area contributed by atoms with Gasteiger partial charge in [0.25, 0.3) is 0 Å². The van der Waals surface area contributed by atoms with Crippen molar-refractivity contribution in [1.82, 2.24) is 0 Å². The molecule has 0 atom stereocenters. The summed E-state index contributed by atoms with van der Waals surface area (Å²) in [5.74, 6) is -1.04. The maximum atomic E-state index is 11.4. The van der Waals surface area contributed by atoms with Gasteiger partial charge in [-0.3, -0.25) is 4.79 Å². The zero-order valence-corrected chi connectivity index (χ0v) is 9.60. The number of hydrogen-bond acceptors (Lipinski definition) is 5. The molecule has 0 saturated heterocycles. The normalized spacial score (nSPS) is 10.1. The van der Waals surface area contributed by atoms with Crippen LogP contribution in [-0.4, -0.2) is 24.0 Å². The summed E-state index contributed by atoms with van der Waals surface area (Å²) >= 11 is 1.12. The number of thiophene rings is 1. The quantitative estimate of drug-likeness (QED) is 0.636. The summed E-state index contributed by atoms with van der Waals surface area (Å²) in [6, 6.07) is 0. The average Bonchev–Trinajstić information content (AvgIpc) is 2.52. The Morgan fingerprint density at radius 3 is 2.53 bits per heavy atom. The van der Waals surface area contributed by atoms with Crippen molar-refractivity contribution in [3.63, 3.8) is 0 Å². The van der Waals surface area contributed by atoms with E-state index in [1.54, 1.807) is 13.8 Å². The number of methoxy groups -OCH3 is 1. The van der Waals surface area contributed by atoms with Crippen LogP contribution in [0.25, 0.3) is 0 Å². The second kappa shape index (κ2) is 4.44. The number of aromatic hydroxyl groups is 1. The van der Waals surface area contributed by atoms with E-state index in [0.717, 1.165) is 11.3 Å². The predicted octanol–water partition coefficient (Wildman–Crippen LogP) is 2.14. The number of esters is 1. The van der Waals surface area contributed by atoms with E-state index in [-0.39, 0.29) is 22.0 Å². The van der Waals surface area contributed by atoms with Gasteiger partial charge in [0.2, 0.25) is 0 Å². The number of hydrogen-bond donors (Lipinski definition) is 1. The molecule has 0 unspecified atom stereocenters. The molecule has 0 aliphatic carbocycles. The molecule has 0 spiro atoms. The number of rotatable bonds is 3. The average molecular weight is 228 g/mol. The molecule has 1 heterocycles. The molecule has 1 N–H and O–H groups in total. The van der Waals surface area contributed by atoms with E-state index in [1.807, 2.05) is 0 Å². The molecule has 1 aromatic rings. The van der Waals surface area contributed by atoms with Crippen molar-refractivity contribution in [3.05, 3.63) is 15.3 Å². The Hall–Kier alpha value is -1.36. The summed E-state index contributed by atoms with van der Waals surface area (Å²) in [4.78, 5) is 23.5. The van der Waals surface area contributed by atoms with Crippen LogP contribution in [0, 0.1) is 6.92 Å². The lowest BCUT2D eigenvalue weighted by molar-refractivity contribution is 0.0597. The van der Waals surface area contributed by atoms with E-state index in [9.17, 15) is 14.7 Å². The summed E-state index contributed by atoms with van der Waals surface area (Å²) in [6.07, 6.45) is 0.300. The van der Waals surface area contributed by atoms with Crippen LogP contribution >= 0.6 is 11.3 Å². The third-order valence-corrected chi connectivity index (χ3v) is 3.16. The predicted molar refractivity (Wildman–Crippen MR) is 56.7 cm³/mol. The summed E-state index contributed by atoms with van der Waals surface area (Å²) in [7, 11) is 1.24. The van der Waals surface area contributed by atoms with E-state index < -0.39 is 5.97 Å². The molecular formula is C10H12O4S. The molecule has 5 heteroatoms. The van der Waals surface area contributed by atoms with Crippen LogP contribution in [-0.2, 0) is 4.74 Å². The molecular weight excluding hydrogens is 216 g/mol. The molecule has 4 nitrogen and oxygen atoms in total. The Kier molecular flexibility index (Phi) is 3.47. The van der Waals surface area contributed by atoms with Crippen LogP contribution < -0.4 is 0 Å². The van der Waals surface area contributed by atoms with Gasteiger partial charge < -0.3 is 9.84 Å². The highest BCUT2D eigenvalue weighted by molar-refractivity contribution is 7.14. The molecule has 0 aliphatic rings. The number of carbonyl (C=O) groups is 2. The fraction of sp³-hybridized carbons (Fsp3) is 0.400. The fourth-order valence-corrected chi connectivity index (χ4v) is 2.27. The van der Waals surface area contributed by atoms with Gasteiger partial charge in [-0.2, -0.15) is 0 Å². The van der Waals surface area contributed by atoms with E-state index in [0.29, 0.717) is 11.3 Å². The SMILES string of the molecule is CCC(=O)c1sc(C)c(C(=O)OC)c1O. The highest BCUT2D eigenvalue weighted by atomic mass is 32.1. The first-order chi connectivity index (χ1) is 7.02. The van der Waals surface area contributed by atoms with Crippen LogP contribution in [0.15, 0.2) is 0 Å². The number of ether oxygens (including phenoxy) is 1. The van der Waals surface area contributed by atoms with Gasteiger partial charge in [-0.1, -0.05) is 6.92 Å². The molecule has 0 fully saturated rings. The monoisotopic (exact) mass is 228 g/mol. The van der Waals surface area contributed by atoms with Gasteiger partial charge in [-0.15, -0.1) is 11.3 Å². The first-order valence-corrected chi connectivity index (χ1v) is 5.28. The number of ketones is 1. The zero-order chi connectivity index (χ0) is 11.6. The van der Waals surface area contributed by atoms with Gasteiger partial charge in [0.15, 0.2) is 11.5 Å². The standard InChI is InChI=1S/C10H12O4S/c1-4-6(11)9-8(12)7(5(2)15-9)10(13)14-3/h12H,4H2,1-3H3. The largest absolute Gasteiger partial charge is 0.505 e. The van der Waals surface area contributed by atoms with Crippen molar-refractivity contribution in [2.75, 3.05) is 7.11 Å². The molecule has 1 rings (SSSR count). The lowest BCUT2D eigenvalue weighted by Crippen LogP contribution is -2.02. The maximum Gasteiger partial charge on any atom is 0.342 e. The number of carbonyl (C=O) groups excluding carboxylic acids is 2. The minimum atomic E-state index is -0.614. The van der Waals surface area contributed by atoms with E-state index in [4.69, 9.17) is 0 Å². The van der Waals surface area contributed by atoms with Gasteiger partial charge in [-0.25, -0.2) is 4.79 Å². The van der Waals surface area contributed by atoms with Crippen molar-refractivity contribution in [1.29, 1.82) is 0 Å². The topological polar surface area (TPSA) is 63.6 Å². The highest BCUT2D eigenvalue weighted by Gasteiger charge is 2.24. The Labute approximate surface area is 91.5 Å². The van der Waals surface area contributed by atoms with Gasteiger partial charge in [-0.05, 0) is 6.92 Å². The lowest BCUT2D eigenvalue weighted by atomic mass is 10.2. The van der Waals surface area contributed by atoms with Crippen LogP contribution in [0.1, 0.15) is 38.3 Å². The first-order valence-electron chi connectivity index (χ1n) is 4.46. The maximum absolute atomic E-state index is 11.4. The molecule has 0 amide bonds. The first kappa shape index (κ1) is 11.7. The van der Waals surface area contributed by atoms with Crippen molar-refractivity contribution in [2.45, 2.75) is 20.3 Å². The van der Waals surface area contributed by atoms with Crippen molar-refractivity contribution in [2.24, 2.45) is 0 Å². The number of aryl methyl sites for hydroxylation is 1. The summed E-state index contributed by atoms with van der Waals surface area (Å²) < 4.78 is 4.52. The second-order valence-electron chi connectivity index (χ2n) is 2.98. The Morgan fingerprint density at radius 2 is 2.07 bits per heavy atom. The van der Waals surface area contributed by atoms with Crippen LogP contribution in [0.5, 0.6) is 5.75 Å². The summed E-state index contributed by atoms with van der Waals surface area (Å²) in [6.45, 7) is 3.37. The smallest absolute Gasteiger partial charge is 0.342 e. The zero-order valence-electron chi connectivity index (χ0n) is 8.79. The fourth-order valence-electron chi connectivity index (χ4n) is 1.22. The third kappa shape index (κ3) is 2.02. The van der Waals surface area contributed by atoms with Gasteiger partial charge in [0, 0.05) is 11.3 Å². The lowest BCUT2D eigenvalue weighted by Gasteiger charge is -1.98. The van der Waals surface area contributed by atoms with Crippen molar-refractivity contribution >= 4 is 23.1 Å². The Morgan fingerprint density at radius 1 is 1.47 bits per heavy atom. The van der Waals surface area contributed by atoms with Gasteiger partial charge >= 0.3 is 5.97 Å². The summed E-state index contributed by atoms with van der Waals surface area (Å²) in [5.41, 5.74) is 0.0966. The Bertz CT molecular complexity index is 406. The molecule has 0 saturated carbocycles. The molecule has 1 aromatic heterocycles. The molecule has 15 heavy (non-hydrogen) atoms. The Balaban J connectivity index is 3.26. The summed E-state index contributed by atoms with van der Waals surface area (Å²) in [5, 5.41) is 9.70. The van der Waals surface area contributed by atoms with Crippen LogP contribution in [0.2, 0.25) is 0 Å². The molecule has 0 radical (unpaired) electrons. The minimum absolute atomic E-state index is 0.0966. The van der Waals surface area contributed by atoms with E-state index >= 15 is 0 Å². The highest BCUT2D eigenvalue weighted by Crippen LogP contribution is 2.35. The van der Waals surface area contributed by atoms with Gasteiger partial charge in [0.05, 0.1) is 7.11 Å². The van der Waals surface area contributed by atoms with E-state index in [1.165, 1.54) is 7.11 Å². The molecule has 0 bridgehead atoms. The van der Waals surface area contributed by atoms with E-state index in [2.05, 4.69) is 4.74 Å². The molecule has 0 aliphatic heterocycles. The van der Waals surface area contributed by atoms with Gasteiger partial charge in [0.1, 0.15) is 10.4 Å². The second-order valence-corrected chi connectivity index (χ2v) is 4.20. The van der Waals surface area contributed by atoms with Crippen LogP contribution in [0.3, 0.4) is 0 Å². The van der Waals surface area contributed by atoms with Crippen molar-refractivity contribution < 1.29 is 19.4 Å². The minimum Gasteiger partial charge on any atom is -0.505 e. The molecule has 0 aromatic carbocycles. The third-order valence-electron chi connectivity index (χ3n) is 2.02. The van der Waals surface area contributed by atoms with Crippen LogP contribution in [0.4, 0.5) is 0 Å². The number of Topliss-reactive ketones (excluding diaryl/α,β-unsaturated/α-hetero) is 1. The molecule has 82 valence electrons. The van der Waals surface area contributed by atoms with Crippen molar-refractivity contribution in [3.8, 4) is 5.75 Å².